The van der Waals surface area contributed by atoms with E-state index in [1.165, 1.54) is 5.56 Å². The number of hydrogen-bond acceptors (Lipinski definition) is 4. The molecule has 1 aromatic carbocycles. The highest BCUT2D eigenvalue weighted by molar-refractivity contribution is 5.79. The molecule has 2 fully saturated rings. The zero-order chi connectivity index (χ0) is 19.8. The topological polar surface area (TPSA) is 61.9 Å². The number of likely N-dealkylation sites (tertiary alicyclic amines) is 2. The molecular formula is C22H33N3O3. The molecular weight excluding hydrogens is 354 g/mol. The number of amides is 2. The Bertz CT molecular complexity index is 629. The van der Waals surface area contributed by atoms with E-state index in [0.717, 1.165) is 58.3 Å². The van der Waals surface area contributed by atoms with Gasteiger partial charge in [0.2, 0.25) is 11.8 Å². The van der Waals surface area contributed by atoms with Crippen molar-refractivity contribution in [2.75, 3.05) is 46.4 Å². The van der Waals surface area contributed by atoms with Crippen molar-refractivity contribution >= 4 is 11.8 Å². The van der Waals surface area contributed by atoms with Crippen molar-refractivity contribution in [3.8, 4) is 0 Å². The maximum Gasteiger partial charge on any atom is 0.248 e. The van der Waals surface area contributed by atoms with Crippen molar-refractivity contribution in [1.82, 2.24) is 15.1 Å². The molecule has 1 atom stereocenters. The fraction of sp³-hybridized carbons (Fsp3) is 0.636. The second-order valence-electron chi connectivity index (χ2n) is 7.91. The fourth-order valence-corrected chi connectivity index (χ4v) is 4.37. The number of piperidine rings is 2. The van der Waals surface area contributed by atoms with Crippen molar-refractivity contribution in [2.45, 2.75) is 38.1 Å². The quantitative estimate of drug-likeness (QED) is 0.774. The van der Waals surface area contributed by atoms with Gasteiger partial charge in [-0.25, -0.2) is 0 Å². The molecule has 154 valence electrons. The third-order valence-corrected chi connectivity index (χ3v) is 5.98. The first-order valence-electron chi connectivity index (χ1n) is 10.5. The molecule has 6 heteroatoms. The van der Waals surface area contributed by atoms with Gasteiger partial charge in [0.25, 0.3) is 0 Å². The molecule has 0 aromatic heterocycles. The van der Waals surface area contributed by atoms with Crippen LogP contribution in [0, 0.1) is 5.92 Å². The fourth-order valence-electron chi connectivity index (χ4n) is 4.37. The van der Waals surface area contributed by atoms with E-state index in [1.807, 2.05) is 23.1 Å². The predicted molar refractivity (Wildman–Crippen MR) is 109 cm³/mol. The van der Waals surface area contributed by atoms with Gasteiger partial charge < -0.3 is 15.0 Å². The summed E-state index contributed by atoms with van der Waals surface area (Å²) < 4.78 is 4.95. The number of nitrogens with zero attached hydrogens (tertiary/aromatic N) is 2. The molecule has 0 saturated carbocycles. The number of methoxy groups -OCH3 is 1. The van der Waals surface area contributed by atoms with Crippen molar-refractivity contribution in [1.29, 1.82) is 0 Å². The van der Waals surface area contributed by atoms with Crippen LogP contribution in [0.25, 0.3) is 0 Å². The minimum atomic E-state index is 0.0789. The predicted octanol–water partition coefficient (Wildman–Crippen LogP) is 1.69. The van der Waals surface area contributed by atoms with Gasteiger partial charge in [-0.15, -0.1) is 0 Å². The average molecular weight is 388 g/mol. The zero-order valence-electron chi connectivity index (χ0n) is 16.9. The molecule has 0 spiro atoms. The monoisotopic (exact) mass is 387 g/mol. The summed E-state index contributed by atoms with van der Waals surface area (Å²) in [5.74, 6) is 0.348. The van der Waals surface area contributed by atoms with Gasteiger partial charge in [-0.2, -0.15) is 0 Å². The number of carbonyl (C=O) groups is 2. The lowest BCUT2D eigenvalue weighted by Gasteiger charge is -2.42. The standard InChI is InChI=1S/C22H33N3O3/c1-28-17-21(26)24-14-10-20(11-15-24)25-13-5-8-19(16-25)22(27)23-12-9-18-6-3-2-4-7-18/h2-4,6-7,19-20H,5,8-17H2,1H3,(H,23,27). The largest absolute Gasteiger partial charge is 0.375 e. The van der Waals surface area contributed by atoms with Crippen LogP contribution >= 0.6 is 0 Å². The van der Waals surface area contributed by atoms with E-state index in [9.17, 15) is 9.59 Å². The molecule has 1 unspecified atom stereocenters. The summed E-state index contributed by atoms with van der Waals surface area (Å²) in [5.41, 5.74) is 1.25. The molecule has 2 amide bonds. The summed E-state index contributed by atoms with van der Waals surface area (Å²) in [6.45, 7) is 4.34. The molecule has 2 aliphatic rings. The van der Waals surface area contributed by atoms with E-state index in [-0.39, 0.29) is 24.3 Å². The van der Waals surface area contributed by atoms with Gasteiger partial charge in [0, 0.05) is 39.3 Å². The van der Waals surface area contributed by atoms with Gasteiger partial charge in [0.15, 0.2) is 0 Å². The highest BCUT2D eigenvalue weighted by atomic mass is 16.5. The number of hydrogen-bond donors (Lipinski definition) is 1. The van der Waals surface area contributed by atoms with Gasteiger partial charge in [-0.3, -0.25) is 14.5 Å². The van der Waals surface area contributed by atoms with E-state index in [2.05, 4.69) is 22.3 Å². The normalized spacial score (nSPS) is 21.5. The Hall–Kier alpha value is -1.92. The van der Waals surface area contributed by atoms with Crippen LogP contribution < -0.4 is 5.32 Å². The van der Waals surface area contributed by atoms with Gasteiger partial charge >= 0.3 is 0 Å². The molecule has 0 bridgehead atoms. The number of rotatable bonds is 7. The summed E-state index contributed by atoms with van der Waals surface area (Å²) in [7, 11) is 1.56. The maximum atomic E-state index is 12.6. The molecule has 28 heavy (non-hydrogen) atoms. The summed E-state index contributed by atoms with van der Waals surface area (Å²) in [4.78, 5) is 29.0. The van der Waals surface area contributed by atoms with Crippen molar-refractivity contribution in [3.63, 3.8) is 0 Å². The first-order valence-corrected chi connectivity index (χ1v) is 10.5. The van der Waals surface area contributed by atoms with E-state index in [0.29, 0.717) is 12.6 Å². The van der Waals surface area contributed by atoms with Crippen molar-refractivity contribution in [3.05, 3.63) is 35.9 Å². The van der Waals surface area contributed by atoms with Crippen LogP contribution in [-0.4, -0.2) is 74.1 Å². The molecule has 0 radical (unpaired) electrons. The maximum absolute atomic E-state index is 12.6. The van der Waals surface area contributed by atoms with Gasteiger partial charge in [0.05, 0.1) is 5.92 Å². The number of benzene rings is 1. The van der Waals surface area contributed by atoms with Crippen LogP contribution in [0.4, 0.5) is 0 Å². The molecule has 1 aromatic rings. The smallest absolute Gasteiger partial charge is 0.248 e. The minimum absolute atomic E-state index is 0.0789. The Labute approximate surface area is 168 Å². The second kappa shape index (κ2) is 10.6. The highest BCUT2D eigenvalue weighted by Crippen LogP contribution is 2.24. The summed E-state index contributed by atoms with van der Waals surface area (Å²) >= 11 is 0. The molecule has 6 nitrogen and oxygen atoms in total. The molecule has 2 heterocycles. The first-order chi connectivity index (χ1) is 13.7. The van der Waals surface area contributed by atoms with Gasteiger partial charge in [0.1, 0.15) is 6.61 Å². The summed E-state index contributed by atoms with van der Waals surface area (Å²) in [6.07, 6.45) is 4.88. The Morgan fingerprint density at radius 1 is 1.11 bits per heavy atom. The Morgan fingerprint density at radius 3 is 2.57 bits per heavy atom. The number of ether oxygens (including phenoxy) is 1. The molecule has 1 N–H and O–H groups in total. The SMILES string of the molecule is COCC(=O)N1CCC(N2CCCC(C(=O)NCCc3ccccc3)C2)CC1. The Balaban J connectivity index is 1.41. The van der Waals surface area contributed by atoms with Crippen LogP contribution in [0.5, 0.6) is 0 Å². The van der Waals surface area contributed by atoms with Crippen molar-refractivity contribution < 1.29 is 14.3 Å². The second-order valence-corrected chi connectivity index (χ2v) is 7.91. The number of nitrogens with one attached hydrogen (secondary N) is 1. The van der Waals surface area contributed by atoms with Crippen LogP contribution in [-0.2, 0) is 20.7 Å². The van der Waals surface area contributed by atoms with Crippen LogP contribution in [0.15, 0.2) is 30.3 Å². The third-order valence-electron chi connectivity index (χ3n) is 5.98. The lowest BCUT2D eigenvalue weighted by Crippen LogP contribution is -2.52. The Kier molecular flexibility index (Phi) is 7.86. The van der Waals surface area contributed by atoms with Gasteiger partial charge in [-0.1, -0.05) is 30.3 Å². The zero-order valence-corrected chi connectivity index (χ0v) is 16.9. The van der Waals surface area contributed by atoms with E-state index in [1.54, 1.807) is 7.11 Å². The highest BCUT2D eigenvalue weighted by Gasteiger charge is 2.32. The summed E-state index contributed by atoms with van der Waals surface area (Å²) in [5, 5.41) is 3.13. The lowest BCUT2D eigenvalue weighted by atomic mass is 9.93. The molecule has 0 aliphatic carbocycles. The Morgan fingerprint density at radius 2 is 1.86 bits per heavy atom. The van der Waals surface area contributed by atoms with Gasteiger partial charge in [-0.05, 0) is 44.2 Å². The minimum Gasteiger partial charge on any atom is -0.375 e. The lowest BCUT2D eigenvalue weighted by molar-refractivity contribution is -0.136. The first kappa shape index (κ1) is 20.8. The molecule has 2 aliphatic heterocycles. The van der Waals surface area contributed by atoms with E-state index < -0.39 is 0 Å². The average Bonchev–Trinajstić information content (AvgIpc) is 2.75. The van der Waals surface area contributed by atoms with Crippen molar-refractivity contribution in [2.24, 2.45) is 5.92 Å². The number of carbonyl (C=O) groups excluding carboxylic acids is 2. The van der Waals surface area contributed by atoms with E-state index in [4.69, 9.17) is 4.74 Å². The van der Waals surface area contributed by atoms with E-state index >= 15 is 0 Å². The van der Waals surface area contributed by atoms with Crippen LogP contribution in [0.1, 0.15) is 31.2 Å². The third kappa shape index (κ3) is 5.79. The van der Waals surface area contributed by atoms with Crippen LogP contribution in [0.2, 0.25) is 0 Å². The summed E-state index contributed by atoms with van der Waals surface area (Å²) in [6, 6.07) is 10.7. The van der Waals surface area contributed by atoms with Crippen LogP contribution in [0.3, 0.4) is 0 Å². The molecule has 2 saturated heterocycles. The molecule has 3 rings (SSSR count).